The Morgan fingerprint density at radius 1 is 1.38 bits per heavy atom. The van der Waals surface area contributed by atoms with Crippen molar-refractivity contribution in [1.82, 2.24) is 9.80 Å². The standard InChI is InChI=1S/C11H19ClN2O2/c12-10(11(15)16)8-13-5-6-14-4-2-1-3-9(14)7-13/h9-10H,1-8H2,(H,15,16). The number of carbonyl (C=O) groups is 1. The molecule has 92 valence electrons. The van der Waals surface area contributed by atoms with E-state index >= 15 is 0 Å². The Labute approximate surface area is 101 Å². The lowest BCUT2D eigenvalue weighted by Crippen LogP contribution is -2.56. The van der Waals surface area contributed by atoms with E-state index in [1.165, 1.54) is 25.8 Å². The molecule has 2 rings (SSSR count). The second-order valence-corrected chi connectivity index (χ2v) is 5.28. The molecular formula is C11H19ClN2O2. The van der Waals surface area contributed by atoms with Crippen molar-refractivity contribution in [3.8, 4) is 0 Å². The second kappa shape index (κ2) is 5.34. The molecule has 2 saturated heterocycles. The SMILES string of the molecule is O=C(O)C(Cl)CN1CCN2CCCCC2C1. The van der Waals surface area contributed by atoms with Crippen LogP contribution in [0.1, 0.15) is 19.3 Å². The maximum atomic E-state index is 10.7. The highest BCUT2D eigenvalue weighted by molar-refractivity contribution is 6.29. The number of hydrogen-bond acceptors (Lipinski definition) is 3. The van der Waals surface area contributed by atoms with Crippen molar-refractivity contribution < 1.29 is 9.90 Å². The number of rotatable bonds is 3. The van der Waals surface area contributed by atoms with E-state index < -0.39 is 11.3 Å². The molecule has 2 atom stereocenters. The molecule has 0 radical (unpaired) electrons. The van der Waals surface area contributed by atoms with Crippen LogP contribution in [0.15, 0.2) is 0 Å². The predicted molar refractivity (Wildman–Crippen MR) is 62.9 cm³/mol. The molecule has 0 saturated carbocycles. The Morgan fingerprint density at radius 3 is 2.94 bits per heavy atom. The van der Waals surface area contributed by atoms with E-state index in [0.717, 1.165) is 19.6 Å². The number of piperazine rings is 1. The van der Waals surface area contributed by atoms with Gasteiger partial charge in [-0.2, -0.15) is 0 Å². The van der Waals surface area contributed by atoms with E-state index in [2.05, 4.69) is 9.80 Å². The summed E-state index contributed by atoms with van der Waals surface area (Å²) in [5, 5.41) is 8.01. The molecule has 4 nitrogen and oxygen atoms in total. The van der Waals surface area contributed by atoms with Gasteiger partial charge < -0.3 is 5.11 Å². The van der Waals surface area contributed by atoms with Crippen molar-refractivity contribution >= 4 is 17.6 Å². The molecule has 0 amide bonds. The molecule has 0 aromatic heterocycles. The first kappa shape index (κ1) is 12.1. The van der Waals surface area contributed by atoms with Crippen molar-refractivity contribution in [2.75, 3.05) is 32.7 Å². The highest BCUT2D eigenvalue weighted by Gasteiger charge is 2.30. The molecule has 0 bridgehead atoms. The summed E-state index contributed by atoms with van der Waals surface area (Å²) in [4.78, 5) is 15.4. The first-order chi connectivity index (χ1) is 7.66. The Morgan fingerprint density at radius 2 is 2.19 bits per heavy atom. The van der Waals surface area contributed by atoms with Crippen LogP contribution in [0, 0.1) is 0 Å². The van der Waals surface area contributed by atoms with Crippen molar-refractivity contribution in [3.05, 3.63) is 0 Å². The van der Waals surface area contributed by atoms with Crippen LogP contribution in [0.2, 0.25) is 0 Å². The van der Waals surface area contributed by atoms with Gasteiger partial charge in [-0.15, -0.1) is 11.6 Å². The normalized spacial score (nSPS) is 29.7. The van der Waals surface area contributed by atoms with Crippen molar-refractivity contribution in [1.29, 1.82) is 0 Å². The van der Waals surface area contributed by atoms with Gasteiger partial charge in [-0.1, -0.05) is 6.42 Å². The lowest BCUT2D eigenvalue weighted by Gasteiger charge is -2.44. The van der Waals surface area contributed by atoms with E-state index in [4.69, 9.17) is 16.7 Å². The van der Waals surface area contributed by atoms with E-state index in [1.807, 2.05) is 0 Å². The summed E-state index contributed by atoms with van der Waals surface area (Å²) in [5.74, 6) is -0.909. The number of fused-ring (bicyclic) bond motifs is 1. The van der Waals surface area contributed by atoms with Gasteiger partial charge in [0.2, 0.25) is 0 Å². The average molecular weight is 247 g/mol. The molecular weight excluding hydrogens is 228 g/mol. The van der Waals surface area contributed by atoms with Crippen LogP contribution in [0.25, 0.3) is 0 Å². The molecule has 2 aliphatic rings. The zero-order valence-electron chi connectivity index (χ0n) is 9.44. The number of halogens is 1. The zero-order chi connectivity index (χ0) is 11.5. The van der Waals surface area contributed by atoms with Crippen LogP contribution in [-0.4, -0.2) is 65.0 Å². The van der Waals surface area contributed by atoms with Crippen molar-refractivity contribution in [3.63, 3.8) is 0 Å². The van der Waals surface area contributed by atoms with Gasteiger partial charge >= 0.3 is 5.97 Å². The second-order valence-electron chi connectivity index (χ2n) is 4.75. The summed E-state index contributed by atoms with van der Waals surface area (Å²) in [7, 11) is 0. The molecule has 2 fully saturated rings. The van der Waals surface area contributed by atoms with E-state index in [1.54, 1.807) is 0 Å². The molecule has 2 unspecified atom stereocenters. The minimum atomic E-state index is -0.909. The summed E-state index contributed by atoms with van der Waals surface area (Å²) in [5.41, 5.74) is 0. The maximum Gasteiger partial charge on any atom is 0.322 e. The van der Waals surface area contributed by atoms with Crippen molar-refractivity contribution in [2.45, 2.75) is 30.7 Å². The van der Waals surface area contributed by atoms with Crippen molar-refractivity contribution in [2.24, 2.45) is 0 Å². The highest BCUT2D eigenvalue weighted by atomic mass is 35.5. The molecule has 0 spiro atoms. The third-order valence-corrected chi connectivity index (χ3v) is 3.93. The van der Waals surface area contributed by atoms with Crippen LogP contribution in [-0.2, 0) is 4.79 Å². The molecule has 0 aromatic rings. The third-order valence-electron chi connectivity index (χ3n) is 3.61. The lowest BCUT2D eigenvalue weighted by atomic mass is 9.99. The van der Waals surface area contributed by atoms with E-state index in [9.17, 15) is 4.79 Å². The Bertz CT molecular complexity index is 262. The van der Waals surface area contributed by atoms with E-state index in [-0.39, 0.29) is 0 Å². The highest BCUT2D eigenvalue weighted by Crippen LogP contribution is 2.21. The molecule has 2 heterocycles. The molecule has 0 aliphatic carbocycles. The van der Waals surface area contributed by atoms with Gasteiger partial charge in [0.1, 0.15) is 5.38 Å². The number of carboxylic acid groups (broad SMARTS) is 1. The van der Waals surface area contributed by atoms with Crippen LogP contribution in [0.4, 0.5) is 0 Å². The fraction of sp³-hybridized carbons (Fsp3) is 0.909. The minimum absolute atomic E-state index is 0.473. The van der Waals surface area contributed by atoms with Gasteiger partial charge in [0.05, 0.1) is 0 Å². The lowest BCUT2D eigenvalue weighted by molar-refractivity contribution is -0.137. The number of carboxylic acids is 1. The van der Waals surface area contributed by atoms with Crippen LogP contribution < -0.4 is 0 Å². The van der Waals surface area contributed by atoms with Gasteiger partial charge in [-0.3, -0.25) is 14.6 Å². The largest absolute Gasteiger partial charge is 0.480 e. The number of hydrogen-bond donors (Lipinski definition) is 1. The third kappa shape index (κ3) is 2.87. The summed E-state index contributed by atoms with van der Waals surface area (Å²) < 4.78 is 0. The molecule has 0 aromatic carbocycles. The smallest absolute Gasteiger partial charge is 0.322 e. The van der Waals surface area contributed by atoms with Gasteiger partial charge in [0.15, 0.2) is 0 Å². The Hall–Kier alpha value is -0.320. The predicted octanol–water partition coefficient (Wildman–Crippen LogP) is 0.848. The zero-order valence-corrected chi connectivity index (χ0v) is 10.2. The topological polar surface area (TPSA) is 43.8 Å². The first-order valence-electron chi connectivity index (χ1n) is 6.00. The van der Waals surface area contributed by atoms with Crippen LogP contribution in [0.5, 0.6) is 0 Å². The Balaban J connectivity index is 1.83. The summed E-state index contributed by atoms with van der Waals surface area (Å²) in [6.07, 6.45) is 3.86. The van der Waals surface area contributed by atoms with Gasteiger partial charge in [0.25, 0.3) is 0 Å². The molecule has 5 heteroatoms. The van der Waals surface area contributed by atoms with E-state index in [0.29, 0.717) is 12.6 Å². The molecule has 16 heavy (non-hydrogen) atoms. The number of alkyl halides is 1. The summed E-state index contributed by atoms with van der Waals surface area (Å²) in [6.45, 7) is 4.68. The average Bonchev–Trinajstić information content (AvgIpc) is 2.28. The number of aliphatic carboxylic acids is 1. The van der Waals surface area contributed by atoms with Gasteiger partial charge in [-0.05, 0) is 19.4 Å². The van der Waals surface area contributed by atoms with Gasteiger partial charge in [0, 0.05) is 32.2 Å². The number of nitrogens with zero attached hydrogens (tertiary/aromatic N) is 2. The molecule has 2 aliphatic heterocycles. The summed E-state index contributed by atoms with van der Waals surface area (Å²) >= 11 is 5.77. The Kier molecular flexibility index (Phi) is 4.05. The van der Waals surface area contributed by atoms with Gasteiger partial charge in [-0.25, -0.2) is 0 Å². The quantitative estimate of drug-likeness (QED) is 0.750. The monoisotopic (exact) mass is 246 g/mol. The van der Waals surface area contributed by atoms with Crippen LogP contribution in [0.3, 0.4) is 0 Å². The van der Waals surface area contributed by atoms with Crippen LogP contribution >= 0.6 is 11.6 Å². The fourth-order valence-electron chi connectivity index (χ4n) is 2.69. The minimum Gasteiger partial charge on any atom is -0.480 e. The summed E-state index contributed by atoms with van der Waals surface area (Å²) in [6, 6.07) is 0.625. The molecule has 1 N–H and O–H groups in total. The maximum absolute atomic E-state index is 10.7. The number of piperidine rings is 1. The fourth-order valence-corrected chi connectivity index (χ4v) is 2.89. The first-order valence-corrected chi connectivity index (χ1v) is 6.44.